The summed E-state index contributed by atoms with van der Waals surface area (Å²) in [5.41, 5.74) is 3.36. The van der Waals surface area contributed by atoms with E-state index in [-0.39, 0.29) is 0 Å². The van der Waals surface area contributed by atoms with E-state index >= 15 is 0 Å². The van der Waals surface area contributed by atoms with E-state index in [4.69, 9.17) is 4.42 Å². The van der Waals surface area contributed by atoms with Crippen LogP contribution in [0.2, 0.25) is 0 Å². The fraction of sp³-hybridized carbons (Fsp3) is 0.231. The molecule has 0 aliphatic carbocycles. The van der Waals surface area contributed by atoms with Crippen molar-refractivity contribution in [3.8, 4) is 0 Å². The molecule has 4 aromatic carbocycles. The third kappa shape index (κ3) is 2.53. The number of benzene rings is 4. The van der Waals surface area contributed by atoms with Gasteiger partial charge in [-0.2, -0.15) is 0 Å². The molecule has 0 radical (unpaired) electrons. The van der Waals surface area contributed by atoms with Crippen molar-refractivity contribution in [3.05, 3.63) is 72.3 Å². The van der Waals surface area contributed by atoms with Crippen LogP contribution in [0.4, 0.5) is 0 Å². The van der Waals surface area contributed by atoms with Crippen LogP contribution in [0.3, 0.4) is 0 Å². The number of hydrogen-bond donors (Lipinski definition) is 0. The lowest BCUT2D eigenvalue weighted by atomic mass is 9.89. The van der Waals surface area contributed by atoms with Crippen molar-refractivity contribution in [1.82, 2.24) is 0 Å². The molecule has 1 aromatic heterocycles. The smallest absolute Gasteiger partial charge is 0.135 e. The molecule has 0 bridgehead atoms. The first-order chi connectivity index (χ1) is 13.3. The zero-order valence-electron chi connectivity index (χ0n) is 16.0. The molecular formula is C26H24O. The summed E-state index contributed by atoms with van der Waals surface area (Å²) in [6, 6.07) is 24.0. The Morgan fingerprint density at radius 1 is 0.741 bits per heavy atom. The van der Waals surface area contributed by atoms with Gasteiger partial charge < -0.3 is 4.42 Å². The highest BCUT2D eigenvalue weighted by molar-refractivity contribution is 6.23. The van der Waals surface area contributed by atoms with Gasteiger partial charge in [0.05, 0.1) is 0 Å². The van der Waals surface area contributed by atoms with Crippen LogP contribution in [0.1, 0.15) is 44.6 Å². The Kier molecular flexibility index (Phi) is 3.89. The Hall–Kier alpha value is -2.80. The Balaban J connectivity index is 1.95. The van der Waals surface area contributed by atoms with E-state index in [0.717, 1.165) is 11.2 Å². The highest BCUT2D eigenvalue weighted by atomic mass is 16.3. The van der Waals surface area contributed by atoms with Crippen molar-refractivity contribution >= 4 is 43.5 Å². The molecule has 0 saturated heterocycles. The van der Waals surface area contributed by atoms with Gasteiger partial charge in [0.15, 0.2) is 0 Å². The van der Waals surface area contributed by atoms with Crippen LogP contribution >= 0.6 is 0 Å². The highest BCUT2D eigenvalue weighted by Crippen LogP contribution is 2.39. The molecule has 0 fully saturated rings. The summed E-state index contributed by atoms with van der Waals surface area (Å²) in [6.45, 7) is 4.62. The lowest BCUT2D eigenvalue weighted by Crippen LogP contribution is -1.95. The van der Waals surface area contributed by atoms with Gasteiger partial charge in [-0.1, -0.05) is 81.3 Å². The van der Waals surface area contributed by atoms with Crippen LogP contribution in [-0.4, -0.2) is 0 Å². The maximum absolute atomic E-state index is 6.46. The normalized spacial score (nSPS) is 13.1. The van der Waals surface area contributed by atoms with Gasteiger partial charge >= 0.3 is 0 Å². The largest absolute Gasteiger partial charge is 0.456 e. The molecule has 0 aliphatic heterocycles. The topological polar surface area (TPSA) is 13.1 Å². The van der Waals surface area contributed by atoms with Crippen molar-refractivity contribution in [2.24, 2.45) is 0 Å². The number of hydrogen-bond acceptors (Lipinski definition) is 1. The molecule has 1 nitrogen and oxygen atoms in total. The molecule has 0 aliphatic rings. The molecule has 1 heteroatoms. The predicted molar refractivity (Wildman–Crippen MR) is 117 cm³/mol. The van der Waals surface area contributed by atoms with Crippen LogP contribution in [0.5, 0.6) is 0 Å². The molecule has 0 N–H and O–H groups in total. The standard InChI is InChI=1S/C26H24O/c1-3-4-8-17(2)19-15-16-24-26-20(19)12-7-13-22(26)21-11-5-9-18-10-6-14-23(27-24)25(18)21/h5-7,9-17H,3-4,8H2,1-2H3. The second-order valence-corrected chi connectivity index (χ2v) is 7.69. The van der Waals surface area contributed by atoms with E-state index < -0.39 is 0 Å². The molecule has 0 amide bonds. The number of fused-ring (bicyclic) bond motifs is 1. The third-order valence-corrected chi connectivity index (χ3v) is 5.93. The lowest BCUT2D eigenvalue weighted by Gasteiger charge is -2.15. The summed E-state index contributed by atoms with van der Waals surface area (Å²) < 4.78 is 6.46. The Morgan fingerprint density at radius 3 is 2.22 bits per heavy atom. The molecular weight excluding hydrogens is 328 g/mol. The fourth-order valence-electron chi connectivity index (χ4n) is 4.54. The van der Waals surface area contributed by atoms with Gasteiger partial charge in [0.1, 0.15) is 11.2 Å². The zero-order chi connectivity index (χ0) is 18.4. The van der Waals surface area contributed by atoms with Gasteiger partial charge in [0.2, 0.25) is 0 Å². The van der Waals surface area contributed by atoms with E-state index in [1.54, 1.807) is 0 Å². The average molecular weight is 352 g/mol. The fourth-order valence-corrected chi connectivity index (χ4v) is 4.54. The van der Waals surface area contributed by atoms with Crippen molar-refractivity contribution in [3.63, 3.8) is 0 Å². The summed E-state index contributed by atoms with van der Waals surface area (Å²) in [4.78, 5) is 0. The van der Waals surface area contributed by atoms with Crippen LogP contribution in [0.25, 0.3) is 43.5 Å². The molecule has 5 rings (SSSR count). The molecule has 1 atom stereocenters. The zero-order valence-corrected chi connectivity index (χ0v) is 16.0. The summed E-state index contributed by atoms with van der Waals surface area (Å²) in [5, 5.41) is 7.57. The SMILES string of the molecule is CCCCC(C)c1ccc2oc3cccc4cccc(c5cccc1c25)c43. The van der Waals surface area contributed by atoms with Crippen LogP contribution in [-0.2, 0) is 0 Å². The summed E-state index contributed by atoms with van der Waals surface area (Å²) >= 11 is 0. The molecule has 134 valence electrons. The van der Waals surface area contributed by atoms with E-state index in [9.17, 15) is 0 Å². The lowest BCUT2D eigenvalue weighted by molar-refractivity contribution is 0.626. The molecule has 0 spiro atoms. The number of unbranched alkanes of at least 4 members (excludes halogenated alkanes) is 1. The minimum absolute atomic E-state index is 0.552. The minimum atomic E-state index is 0.552. The predicted octanol–water partition coefficient (Wildman–Crippen LogP) is 8.19. The second kappa shape index (κ2) is 6.42. The monoisotopic (exact) mass is 352 g/mol. The van der Waals surface area contributed by atoms with Gasteiger partial charge in [0, 0.05) is 10.8 Å². The Morgan fingerprint density at radius 2 is 1.41 bits per heavy atom. The molecule has 0 saturated carbocycles. The number of rotatable bonds is 4. The van der Waals surface area contributed by atoms with Gasteiger partial charge in [-0.05, 0) is 51.6 Å². The second-order valence-electron chi connectivity index (χ2n) is 7.69. The van der Waals surface area contributed by atoms with Crippen LogP contribution in [0, 0.1) is 0 Å². The Labute approximate surface area is 159 Å². The van der Waals surface area contributed by atoms with Gasteiger partial charge in [-0.15, -0.1) is 0 Å². The average Bonchev–Trinajstić information content (AvgIpc) is 2.84. The van der Waals surface area contributed by atoms with Gasteiger partial charge in [-0.25, -0.2) is 0 Å². The third-order valence-electron chi connectivity index (χ3n) is 5.93. The van der Waals surface area contributed by atoms with E-state index in [0.29, 0.717) is 5.92 Å². The quantitative estimate of drug-likeness (QED) is 0.318. The van der Waals surface area contributed by atoms with E-state index in [1.165, 1.54) is 57.1 Å². The first-order valence-electron chi connectivity index (χ1n) is 10.0. The van der Waals surface area contributed by atoms with Gasteiger partial charge in [-0.3, -0.25) is 0 Å². The molecule has 1 unspecified atom stereocenters. The van der Waals surface area contributed by atoms with E-state index in [2.05, 4.69) is 80.6 Å². The maximum Gasteiger partial charge on any atom is 0.135 e. The van der Waals surface area contributed by atoms with Crippen molar-refractivity contribution in [2.75, 3.05) is 0 Å². The van der Waals surface area contributed by atoms with E-state index in [1.807, 2.05) is 0 Å². The first kappa shape index (κ1) is 16.4. The van der Waals surface area contributed by atoms with Crippen LogP contribution in [0.15, 0.2) is 71.1 Å². The van der Waals surface area contributed by atoms with Crippen molar-refractivity contribution in [2.45, 2.75) is 39.0 Å². The summed E-state index contributed by atoms with van der Waals surface area (Å²) in [5.74, 6) is 0.552. The first-order valence-corrected chi connectivity index (χ1v) is 10.0. The minimum Gasteiger partial charge on any atom is -0.456 e. The highest BCUT2D eigenvalue weighted by Gasteiger charge is 2.15. The molecule has 1 heterocycles. The van der Waals surface area contributed by atoms with Crippen molar-refractivity contribution < 1.29 is 4.42 Å². The maximum atomic E-state index is 6.46. The summed E-state index contributed by atoms with van der Waals surface area (Å²) in [7, 11) is 0. The molecule has 5 aromatic rings. The van der Waals surface area contributed by atoms with Crippen molar-refractivity contribution in [1.29, 1.82) is 0 Å². The molecule has 27 heavy (non-hydrogen) atoms. The Bertz CT molecular complexity index is 1270. The summed E-state index contributed by atoms with van der Waals surface area (Å²) in [6.07, 6.45) is 3.74. The van der Waals surface area contributed by atoms with Gasteiger partial charge in [0.25, 0.3) is 0 Å². The van der Waals surface area contributed by atoms with Crippen LogP contribution < -0.4 is 0 Å².